The fourth-order valence-electron chi connectivity index (χ4n) is 3.26. The molecule has 7 heteroatoms. The number of thioether (sulfide) groups is 1. The number of piperidine rings is 1. The van der Waals surface area contributed by atoms with E-state index in [0.29, 0.717) is 16.6 Å². The van der Waals surface area contributed by atoms with Crippen molar-refractivity contribution in [3.63, 3.8) is 0 Å². The first-order valence-corrected chi connectivity index (χ1v) is 9.44. The van der Waals surface area contributed by atoms with Crippen molar-refractivity contribution in [1.29, 1.82) is 0 Å². The number of hydrogen-bond acceptors (Lipinski definition) is 6. The van der Waals surface area contributed by atoms with Crippen molar-refractivity contribution in [3.8, 4) is 0 Å². The zero-order chi connectivity index (χ0) is 16.1. The predicted octanol–water partition coefficient (Wildman–Crippen LogP) is 1.38. The summed E-state index contributed by atoms with van der Waals surface area (Å²) >= 11 is 1.48. The van der Waals surface area contributed by atoms with Crippen LogP contribution in [0.2, 0.25) is 0 Å². The van der Waals surface area contributed by atoms with Crippen molar-refractivity contribution < 1.29 is 9.53 Å². The molecule has 0 radical (unpaired) electrons. The molecule has 1 aromatic heterocycles. The van der Waals surface area contributed by atoms with Crippen LogP contribution in [-0.2, 0) is 4.74 Å². The first-order chi connectivity index (χ1) is 11.3. The van der Waals surface area contributed by atoms with Gasteiger partial charge in [-0.2, -0.15) is 0 Å². The lowest BCUT2D eigenvalue weighted by atomic mass is 9.96. The zero-order valence-corrected chi connectivity index (χ0v) is 14.4. The number of rotatable bonds is 4. The average Bonchev–Trinajstić information content (AvgIpc) is 2.62. The molecule has 0 saturated carbocycles. The van der Waals surface area contributed by atoms with Gasteiger partial charge in [-0.25, -0.2) is 9.97 Å². The Morgan fingerprint density at radius 2 is 2.04 bits per heavy atom. The molecular formula is C16H24N4O2S. The molecule has 126 valence electrons. The van der Waals surface area contributed by atoms with Gasteiger partial charge in [0.15, 0.2) is 5.16 Å². The highest BCUT2D eigenvalue weighted by Gasteiger charge is 2.26. The van der Waals surface area contributed by atoms with Crippen LogP contribution in [0.3, 0.4) is 0 Å². The van der Waals surface area contributed by atoms with Gasteiger partial charge in [0.05, 0.1) is 18.8 Å². The quantitative estimate of drug-likeness (QED) is 0.612. The highest BCUT2D eigenvalue weighted by atomic mass is 32.2. The Morgan fingerprint density at radius 3 is 2.74 bits per heavy atom. The van der Waals surface area contributed by atoms with Crippen molar-refractivity contribution in [2.24, 2.45) is 5.92 Å². The van der Waals surface area contributed by atoms with Gasteiger partial charge in [0.1, 0.15) is 0 Å². The van der Waals surface area contributed by atoms with Crippen molar-refractivity contribution in [1.82, 2.24) is 19.8 Å². The molecule has 1 amide bonds. The van der Waals surface area contributed by atoms with E-state index >= 15 is 0 Å². The summed E-state index contributed by atoms with van der Waals surface area (Å²) < 4.78 is 5.40. The lowest BCUT2D eigenvalue weighted by Crippen LogP contribution is -2.46. The van der Waals surface area contributed by atoms with Crippen LogP contribution in [0.15, 0.2) is 17.6 Å². The number of morpholine rings is 1. The molecule has 0 bridgehead atoms. The van der Waals surface area contributed by atoms with Gasteiger partial charge in [0, 0.05) is 45.1 Å². The molecule has 3 rings (SSSR count). The summed E-state index contributed by atoms with van der Waals surface area (Å²) in [5, 5.41) is 0.699. The summed E-state index contributed by atoms with van der Waals surface area (Å²) in [6, 6.07) is 0. The second-order valence-corrected chi connectivity index (χ2v) is 6.90. The van der Waals surface area contributed by atoms with Gasteiger partial charge < -0.3 is 9.64 Å². The topological polar surface area (TPSA) is 58.6 Å². The third-order valence-corrected chi connectivity index (χ3v) is 5.06. The van der Waals surface area contributed by atoms with E-state index in [0.717, 1.165) is 52.4 Å². The van der Waals surface area contributed by atoms with E-state index in [9.17, 15) is 4.79 Å². The number of ether oxygens (including phenoxy) is 1. The maximum Gasteiger partial charge on any atom is 0.257 e. The molecule has 0 aliphatic carbocycles. The number of amides is 1. The molecule has 0 N–H and O–H groups in total. The summed E-state index contributed by atoms with van der Waals surface area (Å²) in [7, 11) is 0. The maximum atomic E-state index is 12.6. The van der Waals surface area contributed by atoms with E-state index in [-0.39, 0.29) is 5.91 Å². The zero-order valence-electron chi connectivity index (χ0n) is 13.6. The molecule has 1 unspecified atom stereocenters. The van der Waals surface area contributed by atoms with Crippen molar-refractivity contribution in [3.05, 3.63) is 18.0 Å². The number of likely N-dealkylation sites (tertiary alicyclic amines) is 1. The average molecular weight is 336 g/mol. The van der Waals surface area contributed by atoms with Gasteiger partial charge in [-0.15, -0.1) is 0 Å². The minimum atomic E-state index is 0.0596. The van der Waals surface area contributed by atoms with Gasteiger partial charge in [0.25, 0.3) is 5.91 Å². The fraction of sp³-hybridized carbons (Fsp3) is 0.688. The van der Waals surface area contributed by atoms with E-state index in [1.165, 1.54) is 18.2 Å². The van der Waals surface area contributed by atoms with Crippen LogP contribution in [0.5, 0.6) is 0 Å². The van der Waals surface area contributed by atoms with Crippen molar-refractivity contribution >= 4 is 17.7 Å². The number of nitrogens with zero attached hydrogens (tertiary/aromatic N) is 4. The largest absolute Gasteiger partial charge is 0.379 e. The van der Waals surface area contributed by atoms with Gasteiger partial charge >= 0.3 is 0 Å². The summed E-state index contributed by atoms with van der Waals surface area (Å²) in [5.74, 6) is 0.613. The Bertz CT molecular complexity index is 519. The number of aromatic nitrogens is 2. The summed E-state index contributed by atoms with van der Waals surface area (Å²) in [5.41, 5.74) is 0.592. The molecule has 3 heterocycles. The highest BCUT2D eigenvalue weighted by Crippen LogP contribution is 2.20. The van der Waals surface area contributed by atoms with E-state index < -0.39 is 0 Å². The molecule has 23 heavy (non-hydrogen) atoms. The Kier molecular flexibility index (Phi) is 5.85. The molecule has 0 spiro atoms. The van der Waals surface area contributed by atoms with E-state index in [1.807, 2.05) is 11.2 Å². The molecular weight excluding hydrogens is 312 g/mol. The predicted molar refractivity (Wildman–Crippen MR) is 89.7 cm³/mol. The third kappa shape index (κ3) is 4.43. The van der Waals surface area contributed by atoms with Crippen LogP contribution < -0.4 is 0 Å². The van der Waals surface area contributed by atoms with Crippen LogP contribution in [0.25, 0.3) is 0 Å². The lowest BCUT2D eigenvalue weighted by molar-refractivity contribution is 0.0223. The monoisotopic (exact) mass is 336 g/mol. The van der Waals surface area contributed by atoms with E-state index in [2.05, 4.69) is 14.9 Å². The Hall–Kier alpha value is -1.18. The first kappa shape index (κ1) is 16.7. The Morgan fingerprint density at radius 1 is 1.30 bits per heavy atom. The standard InChI is InChI=1S/C16H24N4O2S/c1-23-16-17-9-14(10-18-16)15(21)20-4-2-3-13(12-20)11-19-5-7-22-8-6-19/h9-10,13H,2-8,11-12H2,1H3. The van der Waals surface area contributed by atoms with E-state index in [1.54, 1.807) is 12.4 Å². The minimum absolute atomic E-state index is 0.0596. The first-order valence-electron chi connectivity index (χ1n) is 8.21. The second kappa shape index (κ2) is 8.08. The summed E-state index contributed by atoms with van der Waals surface area (Å²) in [6.07, 6.45) is 7.49. The van der Waals surface area contributed by atoms with Crippen molar-refractivity contribution in [2.45, 2.75) is 18.0 Å². The van der Waals surface area contributed by atoms with Crippen LogP contribution in [0, 0.1) is 5.92 Å². The van der Waals surface area contributed by atoms with Crippen LogP contribution in [0.4, 0.5) is 0 Å². The SMILES string of the molecule is CSc1ncc(C(=O)N2CCCC(CN3CCOCC3)C2)cn1. The molecule has 1 aromatic rings. The van der Waals surface area contributed by atoms with Gasteiger partial charge in [-0.05, 0) is 25.0 Å². The second-order valence-electron chi connectivity index (χ2n) is 6.13. The molecule has 1 atom stereocenters. The van der Waals surface area contributed by atoms with Crippen LogP contribution in [0.1, 0.15) is 23.2 Å². The maximum absolute atomic E-state index is 12.6. The molecule has 2 aliphatic rings. The van der Waals surface area contributed by atoms with Gasteiger partial charge in [-0.1, -0.05) is 11.8 Å². The van der Waals surface area contributed by atoms with Crippen LogP contribution in [-0.4, -0.2) is 77.9 Å². The molecule has 0 aromatic carbocycles. The number of hydrogen-bond donors (Lipinski definition) is 0. The Balaban J connectivity index is 1.57. The highest BCUT2D eigenvalue weighted by molar-refractivity contribution is 7.98. The molecule has 2 saturated heterocycles. The van der Waals surface area contributed by atoms with Gasteiger partial charge in [0.2, 0.25) is 0 Å². The lowest BCUT2D eigenvalue weighted by Gasteiger charge is -2.36. The number of carbonyl (C=O) groups excluding carboxylic acids is 1. The Labute approximate surface area is 141 Å². The van der Waals surface area contributed by atoms with Crippen LogP contribution >= 0.6 is 11.8 Å². The summed E-state index contributed by atoms with van der Waals surface area (Å²) in [4.78, 5) is 25.5. The molecule has 2 aliphatic heterocycles. The summed E-state index contributed by atoms with van der Waals surface area (Å²) in [6.45, 7) is 6.41. The molecule has 6 nitrogen and oxygen atoms in total. The van der Waals surface area contributed by atoms with E-state index in [4.69, 9.17) is 4.74 Å². The normalized spacial score (nSPS) is 23.0. The fourth-order valence-corrected chi connectivity index (χ4v) is 3.58. The smallest absolute Gasteiger partial charge is 0.257 e. The third-order valence-electron chi connectivity index (χ3n) is 4.48. The van der Waals surface area contributed by atoms with Crippen molar-refractivity contribution in [2.75, 3.05) is 52.2 Å². The number of carbonyl (C=O) groups is 1. The van der Waals surface area contributed by atoms with Gasteiger partial charge in [-0.3, -0.25) is 9.69 Å². The molecule has 2 fully saturated rings. The minimum Gasteiger partial charge on any atom is -0.379 e.